The highest BCUT2D eigenvalue weighted by Gasteiger charge is 2.28. The maximum Gasteiger partial charge on any atom is 0.0203 e. The Bertz CT molecular complexity index is 117. The third-order valence-electron chi connectivity index (χ3n) is 2.99. The maximum atomic E-state index is 3.69. The van der Waals surface area contributed by atoms with Gasteiger partial charge in [0.15, 0.2) is 0 Å². The summed E-state index contributed by atoms with van der Waals surface area (Å²) in [7, 11) is 0. The molecule has 72 valence electrons. The van der Waals surface area contributed by atoms with Crippen molar-refractivity contribution >= 4 is 0 Å². The number of rotatable bonds is 4. The van der Waals surface area contributed by atoms with Gasteiger partial charge in [0.2, 0.25) is 0 Å². The quantitative estimate of drug-likeness (QED) is 0.668. The molecule has 1 aliphatic rings. The zero-order chi connectivity index (χ0) is 8.86. The van der Waals surface area contributed by atoms with Gasteiger partial charge in [-0.2, -0.15) is 0 Å². The molecule has 1 rings (SSSR count). The van der Waals surface area contributed by atoms with E-state index in [0.29, 0.717) is 5.54 Å². The fraction of sp³-hybridized carbons (Fsp3) is 1.00. The second-order valence-electron chi connectivity index (χ2n) is 3.81. The van der Waals surface area contributed by atoms with E-state index in [4.69, 9.17) is 0 Å². The van der Waals surface area contributed by atoms with Gasteiger partial charge in [-0.15, -0.1) is 0 Å². The molecule has 1 fully saturated rings. The molecular formula is C10H22N2. The molecule has 2 nitrogen and oxygen atoms in total. The first-order chi connectivity index (χ1) is 5.83. The topological polar surface area (TPSA) is 24.1 Å². The Morgan fingerprint density at radius 1 is 1.25 bits per heavy atom. The van der Waals surface area contributed by atoms with Gasteiger partial charge in [0.1, 0.15) is 0 Å². The number of piperidine rings is 1. The van der Waals surface area contributed by atoms with Gasteiger partial charge in [-0.3, -0.25) is 0 Å². The Kier molecular flexibility index (Phi) is 4.02. The van der Waals surface area contributed by atoms with Crippen LogP contribution in [0.4, 0.5) is 0 Å². The van der Waals surface area contributed by atoms with Crippen molar-refractivity contribution in [3.05, 3.63) is 0 Å². The van der Waals surface area contributed by atoms with E-state index in [2.05, 4.69) is 24.5 Å². The molecule has 12 heavy (non-hydrogen) atoms. The van der Waals surface area contributed by atoms with Crippen molar-refractivity contribution in [3.63, 3.8) is 0 Å². The molecular weight excluding hydrogens is 148 g/mol. The largest absolute Gasteiger partial charge is 0.317 e. The highest BCUT2D eigenvalue weighted by atomic mass is 15.0. The fourth-order valence-corrected chi connectivity index (χ4v) is 1.95. The summed E-state index contributed by atoms with van der Waals surface area (Å²) in [5, 5.41) is 7.10. The monoisotopic (exact) mass is 170 g/mol. The smallest absolute Gasteiger partial charge is 0.0203 e. The molecule has 0 aliphatic carbocycles. The Morgan fingerprint density at radius 3 is 2.42 bits per heavy atom. The molecule has 1 saturated heterocycles. The maximum absolute atomic E-state index is 3.69. The van der Waals surface area contributed by atoms with Crippen molar-refractivity contribution in [1.29, 1.82) is 0 Å². The summed E-state index contributed by atoms with van der Waals surface area (Å²) < 4.78 is 0. The van der Waals surface area contributed by atoms with Gasteiger partial charge in [-0.25, -0.2) is 0 Å². The molecule has 0 amide bonds. The summed E-state index contributed by atoms with van der Waals surface area (Å²) in [6.07, 6.45) is 5.11. The summed E-state index contributed by atoms with van der Waals surface area (Å²) in [5.41, 5.74) is 0.460. The second-order valence-corrected chi connectivity index (χ2v) is 3.81. The van der Waals surface area contributed by atoms with E-state index in [1.807, 2.05) is 0 Å². The molecule has 0 aromatic rings. The molecule has 0 spiro atoms. The van der Waals surface area contributed by atoms with Crippen molar-refractivity contribution in [2.45, 2.75) is 45.1 Å². The van der Waals surface area contributed by atoms with E-state index in [1.54, 1.807) is 0 Å². The van der Waals surface area contributed by atoms with Crippen molar-refractivity contribution in [2.75, 3.05) is 19.6 Å². The van der Waals surface area contributed by atoms with E-state index in [9.17, 15) is 0 Å². The summed E-state index contributed by atoms with van der Waals surface area (Å²) in [5.74, 6) is 0. The summed E-state index contributed by atoms with van der Waals surface area (Å²) in [6.45, 7) is 8.08. The lowest BCUT2D eigenvalue weighted by Crippen LogP contribution is -2.52. The minimum atomic E-state index is 0.460. The van der Waals surface area contributed by atoms with E-state index in [-0.39, 0.29) is 0 Å². The van der Waals surface area contributed by atoms with Gasteiger partial charge in [0.25, 0.3) is 0 Å². The van der Waals surface area contributed by atoms with Crippen molar-refractivity contribution in [2.24, 2.45) is 0 Å². The first-order valence-corrected chi connectivity index (χ1v) is 5.29. The zero-order valence-corrected chi connectivity index (χ0v) is 8.45. The molecule has 2 heteroatoms. The van der Waals surface area contributed by atoms with Crippen LogP contribution in [-0.4, -0.2) is 25.2 Å². The molecule has 0 radical (unpaired) electrons. The van der Waals surface area contributed by atoms with Gasteiger partial charge in [-0.1, -0.05) is 13.8 Å². The minimum Gasteiger partial charge on any atom is -0.317 e. The van der Waals surface area contributed by atoms with Crippen LogP contribution in [0.5, 0.6) is 0 Å². The number of hydrogen-bond donors (Lipinski definition) is 2. The Hall–Kier alpha value is -0.0800. The molecule has 0 aromatic carbocycles. The van der Waals surface area contributed by atoms with E-state index >= 15 is 0 Å². The first-order valence-electron chi connectivity index (χ1n) is 5.29. The predicted molar refractivity (Wildman–Crippen MR) is 53.4 cm³/mol. The Balaban J connectivity index is 2.37. The lowest BCUT2D eigenvalue weighted by atomic mass is 9.86. The van der Waals surface area contributed by atoms with Crippen molar-refractivity contribution in [1.82, 2.24) is 10.6 Å². The van der Waals surface area contributed by atoms with Gasteiger partial charge < -0.3 is 10.6 Å². The Morgan fingerprint density at radius 2 is 1.92 bits per heavy atom. The van der Waals surface area contributed by atoms with Crippen LogP contribution in [0, 0.1) is 0 Å². The number of nitrogens with one attached hydrogen (secondary N) is 2. The van der Waals surface area contributed by atoms with E-state index in [0.717, 1.165) is 0 Å². The van der Waals surface area contributed by atoms with Gasteiger partial charge in [0.05, 0.1) is 0 Å². The molecule has 1 heterocycles. The Labute approximate surface area is 76.1 Å². The molecule has 0 bridgehead atoms. The zero-order valence-electron chi connectivity index (χ0n) is 8.45. The summed E-state index contributed by atoms with van der Waals surface area (Å²) in [4.78, 5) is 0. The minimum absolute atomic E-state index is 0.460. The molecule has 0 aromatic heterocycles. The standard InChI is InChI=1S/C10H22N2/c1-3-7-12-10(4-2)5-8-11-9-6-10/h11-12H,3-9H2,1-2H3. The van der Waals surface area contributed by atoms with Crippen LogP contribution in [0.25, 0.3) is 0 Å². The van der Waals surface area contributed by atoms with Gasteiger partial charge >= 0.3 is 0 Å². The highest BCUT2D eigenvalue weighted by molar-refractivity contribution is 4.90. The highest BCUT2D eigenvalue weighted by Crippen LogP contribution is 2.21. The van der Waals surface area contributed by atoms with Crippen molar-refractivity contribution < 1.29 is 0 Å². The van der Waals surface area contributed by atoms with Gasteiger partial charge in [0, 0.05) is 5.54 Å². The lowest BCUT2D eigenvalue weighted by Gasteiger charge is -2.38. The van der Waals surface area contributed by atoms with Crippen LogP contribution in [-0.2, 0) is 0 Å². The fourth-order valence-electron chi connectivity index (χ4n) is 1.95. The molecule has 2 N–H and O–H groups in total. The van der Waals surface area contributed by atoms with Crippen molar-refractivity contribution in [3.8, 4) is 0 Å². The molecule has 0 atom stereocenters. The van der Waals surface area contributed by atoms with Crippen LogP contribution < -0.4 is 10.6 Å². The third-order valence-corrected chi connectivity index (χ3v) is 2.99. The average Bonchev–Trinajstić information content (AvgIpc) is 2.16. The summed E-state index contributed by atoms with van der Waals surface area (Å²) >= 11 is 0. The predicted octanol–water partition coefficient (Wildman–Crippen LogP) is 1.52. The van der Waals surface area contributed by atoms with Crippen LogP contribution in [0.1, 0.15) is 39.5 Å². The lowest BCUT2D eigenvalue weighted by molar-refractivity contribution is 0.235. The SMILES string of the molecule is CCCNC1(CC)CCNCC1. The third kappa shape index (κ3) is 2.46. The molecule has 1 aliphatic heterocycles. The second kappa shape index (κ2) is 4.83. The van der Waals surface area contributed by atoms with Crippen LogP contribution in [0.2, 0.25) is 0 Å². The number of hydrogen-bond acceptors (Lipinski definition) is 2. The van der Waals surface area contributed by atoms with E-state index in [1.165, 1.54) is 45.3 Å². The van der Waals surface area contributed by atoms with E-state index < -0.39 is 0 Å². The summed E-state index contributed by atoms with van der Waals surface area (Å²) in [6, 6.07) is 0. The van der Waals surface area contributed by atoms with Crippen LogP contribution in [0.3, 0.4) is 0 Å². The normalized spacial score (nSPS) is 22.5. The van der Waals surface area contributed by atoms with Gasteiger partial charge in [-0.05, 0) is 45.3 Å². The van der Waals surface area contributed by atoms with Crippen LogP contribution in [0.15, 0.2) is 0 Å². The van der Waals surface area contributed by atoms with Crippen LogP contribution >= 0.6 is 0 Å². The molecule has 0 unspecified atom stereocenters. The first kappa shape index (κ1) is 10.0. The molecule has 0 saturated carbocycles. The average molecular weight is 170 g/mol.